The summed E-state index contributed by atoms with van der Waals surface area (Å²) in [6.45, 7) is 9.07. The first-order chi connectivity index (χ1) is 8.65. The van der Waals surface area contributed by atoms with Gasteiger partial charge in [0.1, 0.15) is 0 Å². The second-order valence-corrected chi connectivity index (χ2v) is 4.52. The number of carbonyl (C=O) groups is 1. The normalized spacial score (nSPS) is 22.2. The van der Waals surface area contributed by atoms with Gasteiger partial charge in [0.15, 0.2) is 5.60 Å². The number of carbonyl (C=O) groups excluding carboxylic acids is 1. The molecule has 2 rings (SSSR count). The lowest BCUT2D eigenvalue weighted by molar-refractivity contribution is -0.146. The fraction of sp³-hybridized carbons (Fsp3) is 0.333. The van der Waals surface area contributed by atoms with Crippen molar-refractivity contribution in [1.29, 1.82) is 0 Å². The van der Waals surface area contributed by atoms with Crippen LogP contribution in [0.4, 0.5) is 0 Å². The summed E-state index contributed by atoms with van der Waals surface area (Å²) in [5, 5.41) is 0. The largest absolute Gasteiger partial charge is 0.447 e. The van der Waals surface area contributed by atoms with Crippen LogP contribution in [0, 0.1) is 6.57 Å². The molecule has 0 saturated carbocycles. The maximum atomic E-state index is 11.8. The van der Waals surface area contributed by atoms with Crippen LogP contribution in [0.25, 0.3) is 4.85 Å². The zero-order valence-corrected chi connectivity index (χ0v) is 10.3. The highest BCUT2D eigenvalue weighted by Gasteiger charge is 2.36. The predicted octanol–water partition coefficient (Wildman–Crippen LogP) is 3.08. The summed E-state index contributed by atoms with van der Waals surface area (Å²) >= 11 is 0. The molecule has 3 nitrogen and oxygen atoms in total. The standard InChI is InChI=1S/C15H15NO2/c1-15(13-8-4-3-5-9-13)11-12(14(17)18-15)7-6-10-16-2/h3-5,8-9,11H,6-7,10H2,1H3/t15-/m1/s1. The molecule has 0 unspecified atom stereocenters. The molecule has 0 N–H and O–H groups in total. The van der Waals surface area contributed by atoms with Gasteiger partial charge in [0.25, 0.3) is 0 Å². The number of hydrogen-bond donors (Lipinski definition) is 0. The summed E-state index contributed by atoms with van der Waals surface area (Å²) in [4.78, 5) is 15.1. The molecule has 1 heterocycles. The molecule has 0 radical (unpaired) electrons. The highest BCUT2D eigenvalue weighted by atomic mass is 16.6. The Morgan fingerprint density at radius 2 is 2.06 bits per heavy atom. The molecule has 1 aliphatic rings. The number of esters is 1. The van der Waals surface area contributed by atoms with Crippen molar-refractivity contribution in [3.63, 3.8) is 0 Å². The van der Waals surface area contributed by atoms with Gasteiger partial charge in [0.05, 0.1) is 0 Å². The highest BCUT2D eigenvalue weighted by Crippen LogP contribution is 2.35. The van der Waals surface area contributed by atoms with Crippen LogP contribution in [0.1, 0.15) is 25.3 Å². The lowest BCUT2D eigenvalue weighted by atomic mass is 9.94. The molecule has 1 atom stereocenters. The van der Waals surface area contributed by atoms with Gasteiger partial charge in [-0.3, -0.25) is 0 Å². The molecule has 0 aliphatic carbocycles. The number of nitrogens with zero attached hydrogens (tertiary/aromatic N) is 1. The van der Waals surface area contributed by atoms with Gasteiger partial charge in [-0.1, -0.05) is 30.3 Å². The monoisotopic (exact) mass is 241 g/mol. The first-order valence-corrected chi connectivity index (χ1v) is 5.99. The first kappa shape index (κ1) is 12.4. The van der Waals surface area contributed by atoms with Gasteiger partial charge in [0.2, 0.25) is 6.54 Å². The van der Waals surface area contributed by atoms with E-state index in [0.29, 0.717) is 25.0 Å². The third-order valence-electron chi connectivity index (χ3n) is 3.08. The molecule has 1 aromatic rings. The van der Waals surface area contributed by atoms with Crippen molar-refractivity contribution >= 4 is 5.97 Å². The summed E-state index contributed by atoms with van der Waals surface area (Å²) < 4.78 is 5.47. The van der Waals surface area contributed by atoms with Crippen LogP contribution < -0.4 is 0 Å². The van der Waals surface area contributed by atoms with Gasteiger partial charge in [-0.2, -0.15) is 0 Å². The van der Waals surface area contributed by atoms with Crippen molar-refractivity contribution in [1.82, 2.24) is 0 Å². The Morgan fingerprint density at radius 1 is 1.33 bits per heavy atom. The van der Waals surface area contributed by atoms with Crippen molar-refractivity contribution in [3.05, 3.63) is 59.0 Å². The molecule has 0 fully saturated rings. The predicted molar refractivity (Wildman–Crippen MR) is 68.7 cm³/mol. The molecular formula is C15H15NO2. The Kier molecular flexibility index (Phi) is 3.47. The van der Waals surface area contributed by atoms with Gasteiger partial charge in [-0.05, 0) is 25.0 Å². The Bertz CT molecular complexity index is 513. The number of rotatable bonds is 4. The van der Waals surface area contributed by atoms with E-state index in [1.807, 2.05) is 43.3 Å². The van der Waals surface area contributed by atoms with Crippen molar-refractivity contribution in [2.75, 3.05) is 6.54 Å². The lowest BCUT2D eigenvalue weighted by Crippen LogP contribution is -2.20. The van der Waals surface area contributed by atoms with Crippen molar-refractivity contribution in [2.24, 2.45) is 0 Å². The molecule has 0 spiro atoms. The maximum Gasteiger partial charge on any atom is 0.335 e. The molecule has 3 heteroatoms. The van der Waals surface area contributed by atoms with Gasteiger partial charge >= 0.3 is 5.97 Å². The smallest absolute Gasteiger partial charge is 0.335 e. The van der Waals surface area contributed by atoms with Crippen molar-refractivity contribution in [3.8, 4) is 0 Å². The summed E-state index contributed by atoms with van der Waals surface area (Å²) in [7, 11) is 0. The molecular weight excluding hydrogens is 226 g/mol. The van der Waals surface area contributed by atoms with E-state index in [0.717, 1.165) is 5.56 Å². The minimum absolute atomic E-state index is 0.258. The Morgan fingerprint density at radius 3 is 2.72 bits per heavy atom. The van der Waals surface area contributed by atoms with E-state index in [4.69, 9.17) is 11.3 Å². The van der Waals surface area contributed by atoms with E-state index in [9.17, 15) is 4.79 Å². The Labute approximate surface area is 107 Å². The first-order valence-electron chi connectivity index (χ1n) is 5.99. The third kappa shape index (κ3) is 2.43. The van der Waals surface area contributed by atoms with Crippen LogP contribution in [0.2, 0.25) is 0 Å². The second kappa shape index (κ2) is 5.05. The topological polar surface area (TPSA) is 30.7 Å². The number of benzene rings is 1. The minimum Gasteiger partial charge on any atom is -0.447 e. The fourth-order valence-corrected chi connectivity index (χ4v) is 2.11. The summed E-state index contributed by atoms with van der Waals surface area (Å²) in [6, 6.07) is 9.69. The lowest BCUT2D eigenvalue weighted by Gasteiger charge is -2.21. The van der Waals surface area contributed by atoms with E-state index in [1.54, 1.807) is 0 Å². The highest BCUT2D eigenvalue weighted by molar-refractivity contribution is 5.91. The molecule has 92 valence electrons. The molecule has 1 aliphatic heterocycles. The van der Waals surface area contributed by atoms with Gasteiger partial charge in [-0.15, -0.1) is 0 Å². The molecule has 0 amide bonds. The molecule has 0 saturated heterocycles. The molecule has 0 bridgehead atoms. The van der Waals surface area contributed by atoms with Crippen LogP contribution in [-0.4, -0.2) is 12.5 Å². The fourth-order valence-electron chi connectivity index (χ4n) is 2.11. The van der Waals surface area contributed by atoms with Gasteiger partial charge < -0.3 is 9.58 Å². The van der Waals surface area contributed by atoms with Crippen LogP contribution >= 0.6 is 0 Å². The summed E-state index contributed by atoms with van der Waals surface area (Å²) in [5.41, 5.74) is 0.995. The van der Waals surface area contributed by atoms with E-state index in [2.05, 4.69) is 4.85 Å². The van der Waals surface area contributed by atoms with Crippen molar-refractivity contribution < 1.29 is 9.53 Å². The van der Waals surface area contributed by atoms with E-state index in [1.165, 1.54) is 0 Å². The number of cyclic esters (lactones) is 1. The second-order valence-electron chi connectivity index (χ2n) is 4.52. The van der Waals surface area contributed by atoms with Crippen LogP contribution in [0.3, 0.4) is 0 Å². The summed E-state index contributed by atoms with van der Waals surface area (Å²) in [5.74, 6) is -0.258. The number of hydrogen-bond acceptors (Lipinski definition) is 2. The number of ether oxygens (including phenoxy) is 1. The SMILES string of the molecule is [C-]#[N+]CCCC1=C[C@](C)(c2ccccc2)OC1=O. The minimum atomic E-state index is -0.661. The molecule has 0 aromatic heterocycles. The van der Waals surface area contributed by atoms with Gasteiger partial charge in [-0.25, -0.2) is 11.4 Å². The van der Waals surface area contributed by atoms with Crippen LogP contribution in [0.15, 0.2) is 42.0 Å². The zero-order valence-electron chi connectivity index (χ0n) is 10.3. The Hall–Kier alpha value is -2.08. The zero-order chi connectivity index (χ0) is 13.0. The quantitative estimate of drug-likeness (QED) is 0.461. The average Bonchev–Trinajstić information content (AvgIpc) is 2.67. The average molecular weight is 241 g/mol. The third-order valence-corrected chi connectivity index (χ3v) is 3.08. The molecule has 18 heavy (non-hydrogen) atoms. The summed E-state index contributed by atoms with van der Waals surface area (Å²) in [6.07, 6.45) is 3.20. The van der Waals surface area contributed by atoms with Crippen LogP contribution in [0.5, 0.6) is 0 Å². The van der Waals surface area contributed by atoms with E-state index < -0.39 is 5.60 Å². The van der Waals surface area contributed by atoms with Crippen molar-refractivity contribution in [2.45, 2.75) is 25.4 Å². The van der Waals surface area contributed by atoms with Gasteiger partial charge in [0, 0.05) is 12.0 Å². The molecule has 1 aromatic carbocycles. The maximum absolute atomic E-state index is 11.8. The Balaban J connectivity index is 2.17. The van der Waals surface area contributed by atoms with E-state index >= 15 is 0 Å². The van der Waals surface area contributed by atoms with Crippen LogP contribution in [-0.2, 0) is 15.1 Å². The van der Waals surface area contributed by atoms with E-state index in [-0.39, 0.29) is 5.97 Å².